The number of likely N-dealkylation sites (N-methyl/N-ethyl adjacent to an activating group) is 1. The van der Waals surface area contributed by atoms with Crippen LogP contribution in [0.25, 0.3) is 11.3 Å². The summed E-state index contributed by atoms with van der Waals surface area (Å²) < 4.78 is 6.11. The van der Waals surface area contributed by atoms with E-state index in [-0.39, 0.29) is 0 Å². The van der Waals surface area contributed by atoms with Crippen molar-refractivity contribution in [1.29, 1.82) is 0 Å². The fourth-order valence-corrected chi connectivity index (χ4v) is 5.15. The Morgan fingerprint density at radius 1 is 0.972 bits per heavy atom. The lowest BCUT2D eigenvalue weighted by Crippen LogP contribution is -2.38. The smallest absolute Gasteiger partial charge is 0.125 e. The van der Waals surface area contributed by atoms with E-state index in [1.54, 1.807) is 0 Å². The van der Waals surface area contributed by atoms with Gasteiger partial charge < -0.3 is 14.5 Å². The number of nitrogens with zero attached hydrogens (tertiary/aromatic N) is 4. The molecular formula is C31H42N4O. The van der Waals surface area contributed by atoms with Gasteiger partial charge in [-0.2, -0.15) is 0 Å². The Kier molecular flexibility index (Phi) is 7.87. The number of aromatic nitrogens is 2. The van der Waals surface area contributed by atoms with Gasteiger partial charge >= 0.3 is 0 Å². The summed E-state index contributed by atoms with van der Waals surface area (Å²) in [4.78, 5) is 14.4. The van der Waals surface area contributed by atoms with Crippen LogP contribution in [0.3, 0.4) is 0 Å². The predicted octanol–water partition coefficient (Wildman–Crippen LogP) is 6.77. The third-order valence-corrected chi connectivity index (χ3v) is 7.70. The van der Waals surface area contributed by atoms with E-state index in [0.717, 1.165) is 54.4 Å². The highest BCUT2D eigenvalue weighted by Crippen LogP contribution is 2.39. The molecule has 0 N–H and O–H groups in total. The van der Waals surface area contributed by atoms with Crippen LogP contribution >= 0.6 is 0 Å². The minimum Gasteiger partial charge on any atom is -0.491 e. The van der Waals surface area contributed by atoms with E-state index in [1.165, 1.54) is 35.2 Å². The van der Waals surface area contributed by atoms with Gasteiger partial charge in [-0.15, -0.1) is 0 Å². The molecule has 0 spiro atoms. The van der Waals surface area contributed by atoms with Crippen LogP contribution in [0.2, 0.25) is 0 Å². The maximum atomic E-state index is 6.11. The van der Waals surface area contributed by atoms with Gasteiger partial charge in [0.1, 0.15) is 12.4 Å². The number of rotatable bonds is 8. The molecular weight excluding hydrogens is 444 g/mol. The van der Waals surface area contributed by atoms with Gasteiger partial charge in [0, 0.05) is 37.6 Å². The second kappa shape index (κ2) is 10.9. The van der Waals surface area contributed by atoms with Crippen LogP contribution in [0, 0.1) is 26.2 Å². The normalized spacial score (nSPS) is 15.1. The van der Waals surface area contributed by atoms with Gasteiger partial charge in [-0.05, 0) is 74.3 Å². The molecule has 0 radical (unpaired) electrons. The first-order chi connectivity index (χ1) is 17.2. The minimum absolute atomic E-state index is 0.414. The molecule has 0 bridgehead atoms. The second-order valence-electron chi connectivity index (χ2n) is 11.0. The molecule has 4 rings (SSSR count). The van der Waals surface area contributed by atoms with E-state index in [0.29, 0.717) is 12.0 Å². The van der Waals surface area contributed by atoms with Crippen molar-refractivity contribution in [3.05, 3.63) is 65.1 Å². The van der Waals surface area contributed by atoms with Crippen molar-refractivity contribution in [2.75, 3.05) is 43.1 Å². The first-order valence-corrected chi connectivity index (χ1v) is 13.3. The molecule has 3 aromatic rings. The van der Waals surface area contributed by atoms with E-state index >= 15 is 0 Å². The summed E-state index contributed by atoms with van der Waals surface area (Å²) in [6, 6.07) is 10.6. The topological polar surface area (TPSA) is 41.5 Å². The van der Waals surface area contributed by atoms with Gasteiger partial charge in [-0.1, -0.05) is 39.0 Å². The van der Waals surface area contributed by atoms with Gasteiger partial charge in [0.2, 0.25) is 0 Å². The monoisotopic (exact) mass is 486 g/mol. The summed E-state index contributed by atoms with van der Waals surface area (Å²) in [7, 11) is 2.09. The van der Waals surface area contributed by atoms with Crippen LogP contribution in [0.1, 0.15) is 56.0 Å². The van der Waals surface area contributed by atoms with Crippen molar-refractivity contribution in [2.45, 2.75) is 60.8 Å². The zero-order valence-corrected chi connectivity index (χ0v) is 23.2. The highest BCUT2D eigenvalue weighted by atomic mass is 16.5. The third-order valence-electron chi connectivity index (χ3n) is 7.70. The summed E-state index contributed by atoms with van der Waals surface area (Å²) in [5.74, 6) is 0.992. The lowest BCUT2D eigenvalue weighted by Gasteiger charge is -2.40. The molecule has 0 amide bonds. The Balaban J connectivity index is 1.51. The van der Waals surface area contributed by atoms with Crippen molar-refractivity contribution in [3.8, 4) is 17.0 Å². The number of para-hydroxylation sites is 1. The van der Waals surface area contributed by atoms with Crippen molar-refractivity contribution in [3.63, 3.8) is 0 Å². The van der Waals surface area contributed by atoms with Crippen LogP contribution in [0.4, 0.5) is 11.4 Å². The Hall–Kier alpha value is -3.08. The SMILES string of the molecule is CCc1c(C)ncc(-c2ccc(N(C)CCOc3c(C)cccc3C)cn2)c1N1CCC(C)(C)CC1. The molecule has 1 fully saturated rings. The number of hydrogen-bond donors (Lipinski definition) is 0. The second-order valence-corrected chi connectivity index (χ2v) is 11.0. The number of hydrogen-bond acceptors (Lipinski definition) is 5. The molecule has 0 saturated carbocycles. The highest BCUT2D eigenvalue weighted by Gasteiger charge is 2.28. The van der Waals surface area contributed by atoms with Crippen molar-refractivity contribution >= 4 is 11.4 Å². The number of anilines is 2. The van der Waals surface area contributed by atoms with Crippen molar-refractivity contribution < 1.29 is 4.74 Å². The molecule has 36 heavy (non-hydrogen) atoms. The predicted molar refractivity (Wildman–Crippen MR) is 151 cm³/mol. The van der Waals surface area contributed by atoms with Crippen LogP contribution in [-0.4, -0.2) is 43.3 Å². The molecule has 5 nitrogen and oxygen atoms in total. The Bertz CT molecular complexity index is 1160. The van der Waals surface area contributed by atoms with Crippen LogP contribution in [-0.2, 0) is 6.42 Å². The summed E-state index contributed by atoms with van der Waals surface area (Å²) >= 11 is 0. The highest BCUT2D eigenvalue weighted by molar-refractivity contribution is 5.79. The Morgan fingerprint density at radius 3 is 2.28 bits per heavy atom. The number of ether oxygens (including phenoxy) is 1. The van der Waals surface area contributed by atoms with E-state index in [1.807, 2.05) is 12.4 Å². The lowest BCUT2D eigenvalue weighted by molar-refractivity contribution is 0.279. The molecule has 0 unspecified atom stereocenters. The Labute approximate surface area is 217 Å². The molecule has 0 atom stereocenters. The number of benzene rings is 1. The lowest BCUT2D eigenvalue weighted by atomic mass is 9.82. The fraction of sp³-hybridized carbons (Fsp3) is 0.484. The van der Waals surface area contributed by atoms with Gasteiger partial charge in [-0.3, -0.25) is 9.97 Å². The molecule has 5 heteroatoms. The minimum atomic E-state index is 0.414. The largest absolute Gasteiger partial charge is 0.491 e. The zero-order chi connectivity index (χ0) is 25.9. The standard InChI is InChI=1S/C31H42N4O/c1-8-26-24(4)32-21-27(29(26)35-16-14-31(5,6)15-17-35)28-13-12-25(20-33-28)34(7)18-19-36-30-22(2)10-9-11-23(30)3/h9-13,20-21H,8,14-19H2,1-7H3. The fourth-order valence-electron chi connectivity index (χ4n) is 5.15. The average molecular weight is 487 g/mol. The Morgan fingerprint density at radius 2 is 1.67 bits per heavy atom. The van der Waals surface area contributed by atoms with Crippen LogP contribution in [0.5, 0.6) is 5.75 Å². The van der Waals surface area contributed by atoms with Crippen molar-refractivity contribution in [2.24, 2.45) is 5.41 Å². The number of aryl methyl sites for hydroxylation is 3. The van der Waals surface area contributed by atoms with Crippen molar-refractivity contribution in [1.82, 2.24) is 9.97 Å². The number of piperidine rings is 1. The summed E-state index contributed by atoms with van der Waals surface area (Å²) in [6.45, 7) is 16.9. The molecule has 1 aliphatic rings. The maximum Gasteiger partial charge on any atom is 0.125 e. The number of pyridine rings is 2. The van der Waals surface area contributed by atoms with E-state index in [9.17, 15) is 0 Å². The quantitative estimate of drug-likeness (QED) is 0.351. The molecule has 2 aromatic heterocycles. The maximum absolute atomic E-state index is 6.11. The summed E-state index contributed by atoms with van der Waals surface area (Å²) in [5.41, 5.74) is 9.78. The van der Waals surface area contributed by atoms with Crippen LogP contribution < -0.4 is 14.5 Å². The molecule has 192 valence electrons. The van der Waals surface area contributed by atoms with Crippen LogP contribution in [0.15, 0.2) is 42.7 Å². The summed E-state index contributed by atoms with van der Waals surface area (Å²) in [5, 5.41) is 0. The molecule has 1 aromatic carbocycles. The van der Waals surface area contributed by atoms with Gasteiger partial charge in [-0.25, -0.2) is 0 Å². The molecule has 0 aliphatic carbocycles. The van der Waals surface area contributed by atoms with Gasteiger partial charge in [0.15, 0.2) is 0 Å². The molecule has 1 saturated heterocycles. The van der Waals surface area contributed by atoms with E-state index in [4.69, 9.17) is 14.7 Å². The summed E-state index contributed by atoms with van der Waals surface area (Å²) in [6.07, 6.45) is 7.39. The molecule has 3 heterocycles. The molecule has 1 aliphatic heterocycles. The zero-order valence-electron chi connectivity index (χ0n) is 23.2. The first-order valence-electron chi connectivity index (χ1n) is 13.3. The first kappa shape index (κ1) is 26.0. The van der Waals surface area contributed by atoms with E-state index in [2.05, 4.69) is 88.7 Å². The van der Waals surface area contributed by atoms with Gasteiger partial charge in [0.25, 0.3) is 0 Å². The third kappa shape index (κ3) is 5.66. The van der Waals surface area contributed by atoms with E-state index < -0.39 is 0 Å². The van der Waals surface area contributed by atoms with Gasteiger partial charge in [0.05, 0.1) is 29.8 Å². The average Bonchev–Trinajstić information content (AvgIpc) is 2.86.